The monoisotopic (exact) mass is 572 g/mol. The minimum atomic E-state index is 0.433. The van der Waals surface area contributed by atoms with Crippen molar-refractivity contribution >= 4 is 27.6 Å². The molecule has 0 atom stereocenters. The summed E-state index contributed by atoms with van der Waals surface area (Å²) in [5.41, 5.74) is 7.11. The molecule has 218 valence electrons. The molecule has 1 saturated heterocycles. The largest absolute Gasteiger partial charge is 0.485 e. The fourth-order valence-corrected chi connectivity index (χ4v) is 5.80. The van der Waals surface area contributed by atoms with Gasteiger partial charge in [0.25, 0.3) is 0 Å². The zero-order chi connectivity index (χ0) is 29.2. The van der Waals surface area contributed by atoms with Gasteiger partial charge in [-0.1, -0.05) is 67.6 Å². The highest BCUT2D eigenvalue weighted by atomic mass is 16.5. The second-order valence-corrected chi connectivity index (χ2v) is 11.1. The third-order valence-corrected chi connectivity index (χ3v) is 8.36. The average molecular weight is 573 g/mol. The maximum Gasteiger partial charge on any atom is 0.163 e. The second-order valence-electron chi connectivity index (χ2n) is 11.1. The van der Waals surface area contributed by atoms with Gasteiger partial charge in [0, 0.05) is 50.4 Å². The number of anilines is 1. The predicted octanol–water partition coefficient (Wildman–Crippen LogP) is 6.42. The van der Waals surface area contributed by atoms with Crippen molar-refractivity contribution in [3.05, 3.63) is 102 Å². The lowest BCUT2D eigenvalue weighted by molar-refractivity contribution is 0.256. The van der Waals surface area contributed by atoms with Crippen molar-refractivity contribution in [2.24, 2.45) is 7.05 Å². The lowest BCUT2D eigenvalue weighted by Gasteiger charge is -2.35. The van der Waals surface area contributed by atoms with Crippen molar-refractivity contribution < 1.29 is 9.47 Å². The summed E-state index contributed by atoms with van der Waals surface area (Å²) in [7, 11) is 2.06. The van der Waals surface area contributed by atoms with Crippen molar-refractivity contribution in [1.82, 2.24) is 24.6 Å². The minimum absolute atomic E-state index is 0.433. The number of rotatable bonds is 9. The van der Waals surface area contributed by atoms with E-state index < -0.39 is 0 Å². The van der Waals surface area contributed by atoms with Crippen molar-refractivity contribution in [3.63, 3.8) is 0 Å². The molecule has 2 aromatic heterocycles. The predicted molar refractivity (Wildman–Crippen MR) is 172 cm³/mol. The molecule has 0 spiro atoms. The summed E-state index contributed by atoms with van der Waals surface area (Å²) in [4.78, 5) is 9.98. The molecule has 7 rings (SSSR count). The number of aromatic amines is 1. The molecule has 0 bridgehead atoms. The van der Waals surface area contributed by atoms with E-state index >= 15 is 0 Å². The molecule has 0 amide bonds. The standard InChI is InChI=1S/C35H36N6O2/c1-3-40-16-18-41(19-17-40)27-14-15-29-31(20-27)39(2)35(36-29)34-28-21-32(42-23-25-10-6-4-7-11-25)33(22-30(28)37-38-34)43-24-26-12-8-5-9-13-26/h4-15,20-22H,3,16-19,23-24H2,1-2H3,(H,37,38). The van der Waals surface area contributed by atoms with Crippen molar-refractivity contribution in [3.8, 4) is 23.0 Å². The van der Waals surface area contributed by atoms with E-state index in [4.69, 9.17) is 19.6 Å². The number of hydrogen-bond acceptors (Lipinski definition) is 6. The molecule has 0 aliphatic carbocycles. The summed E-state index contributed by atoms with van der Waals surface area (Å²) >= 11 is 0. The number of aromatic nitrogens is 4. The first-order valence-electron chi connectivity index (χ1n) is 15.0. The van der Waals surface area contributed by atoms with E-state index in [-0.39, 0.29) is 0 Å². The van der Waals surface area contributed by atoms with E-state index in [9.17, 15) is 0 Å². The highest BCUT2D eigenvalue weighted by Gasteiger charge is 2.21. The molecule has 1 aliphatic rings. The van der Waals surface area contributed by atoms with Gasteiger partial charge in [0.05, 0.1) is 16.6 Å². The SMILES string of the molecule is CCN1CCN(c2ccc3nc(-c4n[nH]c5cc(OCc6ccccc6)c(OCc6ccccc6)cc45)n(C)c3c2)CC1. The summed E-state index contributed by atoms with van der Waals surface area (Å²) in [5.74, 6) is 2.14. The lowest BCUT2D eigenvalue weighted by atomic mass is 10.1. The van der Waals surface area contributed by atoms with E-state index in [2.05, 4.69) is 75.9 Å². The van der Waals surface area contributed by atoms with Gasteiger partial charge in [-0.05, 0) is 41.9 Å². The quantitative estimate of drug-likeness (QED) is 0.216. The van der Waals surface area contributed by atoms with E-state index in [1.54, 1.807) is 0 Å². The Bertz CT molecular complexity index is 1840. The van der Waals surface area contributed by atoms with Crippen LogP contribution in [0.2, 0.25) is 0 Å². The van der Waals surface area contributed by atoms with Crippen LogP contribution in [-0.2, 0) is 20.3 Å². The Hall–Kier alpha value is -4.82. The zero-order valence-corrected chi connectivity index (χ0v) is 24.7. The fraction of sp³-hybridized carbons (Fsp3) is 0.257. The number of piperazine rings is 1. The first-order valence-corrected chi connectivity index (χ1v) is 15.0. The maximum absolute atomic E-state index is 6.36. The van der Waals surface area contributed by atoms with Crippen LogP contribution >= 0.6 is 0 Å². The first-order chi connectivity index (χ1) is 21.2. The number of likely N-dealkylation sites (N-methyl/N-ethyl adjacent to an activating group) is 1. The molecule has 0 unspecified atom stereocenters. The average Bonchev–Trinajstić information content (AvgIpc) is 3.62. The normalized spacial score (nSPS) is 14.0. The van der Waals surface area contributed by atoms with Crippen LogP contribution in [0.15, 0.2) is 91.0 Å². The molecule has 8 nitrogen and oxygen atoms in total. The van der Waals surface area contributed by atoms with Crippen LogP contribution in [0.3, 0.4) is 0 Å². The van der Waals surface area contributed by atoms with Crippen LogP contribution < -0.4 is 14.4 Å². The number of aryl methyl sites for hydroxylation is 1. The molecule has 0 radical (unpaired) electrons. The molecule has 6 aromatic rings. The topological polar surface area (TPSA) is 71.4 Å². The van der Waals surface area contributed by atoms with Gasteiger partial charge in [0.15, 0.2) is 17.3 Å². The van der Waals surface area contributed by atoms with Crippen molar-refractivity contribution in [2.75, 3.05) is 37.6 Å². The Morgan fingerprint density at radius 3 is 2.07 bits per heavy atom. The number of hydrogen-bond donors (Lipinski definition) is 1. The maximum atomic E-state index is 6.36. The number of benzene rings is 4. The number of ether oxygens (including phenoxy) is 2. The van der Waals surface area contributed by atoms with Gasteiger partial charge < -0.3 is 23.8 Å². The molecular weight excluding hydrogens is 536 g/mol. The van der Waals surface area contributed by atoms with Crippen LogP contribution in [0.1, 0.15) is 18.1 Å². The third-order valence-electron chi connectivity index (χ3n) is 8.36. The number of H-pyrrole nitrogens is 1. The summed E-state index contributed by atoms with van der Waals surface area (Å²) < 4.78 is 14.8. The van der Waals surface area contributed by atoms with Gasteiger partial charge in [0.1, 0.15) is 18.9 Å². The van der Waals surface area contributed by atoms with Gasteiger partial charge in [-0.25, -0.2) is 4.98 Å². The van der Waals surface area contributed by atoms with Gasteiger partial charge in [-0.2, -0.15) is 5.10 Å². The van der Waals surface area contributed by atoms with Crippen LogP contribution in [0.5, 0.6) is 11.5 Å². The Balaban J connectivity index is 1.22. The van der Waals surface area contributed by atoms with Crippen molar-refractivity contribution in [1.29, 1.82) is 0 Å². The van der Waals surface area contributed by atoms with Gasteiger partial charge in [-0.15, -0.1) is 0 Å². The summed E-state index contributed by atoms with van der Waals surface area (Å²) in [6.45, 7) is 8.47. The van der Waals surface area contributed by atoms with Gasteiger partial charge in [-0.3, -0.25) is 5.10 Å². The molecule has 1 aliphatic heterocycles. The minimum Gasteiger partial charge on any atom is -0.485 e. The Kier molecular flexibility index (Phi) is 7.43. The van der Waals surface area contributed by atoms with E-state index in [0.29, 0.717) is 24.7 Å². The van der Waals surface area contributed by atoms with Crippen LogP contribution in [0.25, 0.3) is 33.5 Å². The fourth-order valence-electron chi connectivity index (χ4n) is 5.80. The van der Waals surface area contributed by atoms with E-state index in [1.807, 2.05) is 48.5 Å². The highest BCUT2D eigenvalue weighted by molar-refractivity contribution is 5.95. The smallest absolute Gasteiger partial charge is 0.163 e. The Morgan fingerprint density at radius 1 is 0.767 bits per heavy atom. The third kappa shape index (κ3) is 5.53. The molecule has 4 aromatic carbocycles. The van der Waals surface area contributed by atoms with E-state index in [0.717, 1.165) is 77.3 Å². The van der Waals surface area contributed by atoms with Crippen LogP contribution in [-0.4, -0.2) is 57.4 Å². The summed E-state index contributed by atoms with van der Waals surface area (Å²) in [6.07, 6.45) is 0. The van der Waals surface area contributed by atoms with Crippen LogP contribution in [0.4, 0.5) is 5.69 Å². The van der Waals surface area contributed by atoms with Crippen molar-refractivity contribution in [2.45, 2.75) is 20.1 Å². The number of nitrogens with one attached hydrogen (secondary N) is 1. The zero-order valence-electron chi connectivity index (χ0n) is 24.7. The highest BCUT2D eigenvalue weighted by Crippen LogP contribution is 2.38. The molecule has 1 fully saturated rings. The number of nitrogens with zero attached hydrogens (tertiary/aromatic N) is 5. The van der Waals surface area contributed by atoms with Gasteiger partial charge in [0.2, 0.25) is 0 Å². The summed E-state index contributed by atoms with van der Waals surface area (Å²) in [5, 5.41) is 8.89. The van der Waals surface area contributed by atoms with Crippen LogP contribution in [0, 0.1) is 0 Å². The Morgan fingerprint density at radius 2 is 1.42 bits per heavy atom. The number of fused-ring (bicyclic) bond motifs is 2. The molecule has 3 heterocycles. The molecular formula is C35H36N6O2. The molecule has 1 N–H and O–H groups in total. The first kappa shape index (κ1) is 27.0. The number of imidazole rings is 1. The Labute approximate surface area is 251 Å². The molecule has 43 heavy (non-hydrogen) atoms. The second kappa shape index (κ2) is 11.8. The summed E-state index contributed by atoms with van der Waals surface area (Å²) in [6, 6.07) is 30.9. The molecule has 8 heteroatoms. The molecule has 0 saturated carbocycles. The lowest BCUT2D eigenvalue weighted by Crippen LogP contribution is -2.46. The van der Waals surface area contributed by atoms with Gasteiger partial charge >= 0.3 is 0 Å². The van der Waals surface area contributed by atoms with E-state index in [1.165, 1.54) is 5.69 Å².